The number of rotatable bonds is 4. The van der Waals surface area contributed by atoms with Crippen molar-refractivity contribution in [2.75, 3.05) is 24.1 Å². The molecule has 0 saturated heterocycles. The van der Waals surface area contributed by atoms with Crippen LogP contribution in [0.25, 0.3) is 0 Å². The van der Waals surface area contributed by atoms with Gasteiger partial charge in [0, 0.05) is 29.9 Å². The quantitative estimate of drug-likeness (QED) is 0.599. The number of thioether (sulfide) groups is 1. The molecule has 0 unspecified atom stereocenters. The molecular weight excluding hydrogens is 230 g/mol. The fraction of sp³-hybridized carbons (Fsp3) is 0.364. The van der Waals surface area contributed by atoms with E-state index in [-0.39, 0.29) is 5.91 Å². The highest BCUT2D eigenvalue weighted by atomic mass is 35.5. The summed E-state index contributed by atoms with van der Waals surface area (Å²) in [5.74, 6) is 0.411. The van der Waals surface area contributed by atoms with Gasteiger partial charge < -0.3 is 4.90 Å². The molecule has 2 nitrogen and oxygen atoms in total. The molecule has 15 heavy (non-hydrogen) atoms. The number of alkyl halides is 1. The Bertz CT molecular complexity index is 326. The number of anilines is 1. The normalized spacial score (nSPS) is 10.1. The van der Waals surface area contributed by atoms with E-state index >= 15 is 0 Å². The SMILES string of the molecule is CSc1ccc(N(C)C(=O)CCCl)cc1. The maximum Gasteiger partial charge on any atom is 0.227 e. The highest BCUT2D eigenvalue weighted by Gasteiger charge is 2.09. The number of hydrogen-bond acceptors (Lipinski definition) is 2. The number of halogens is 1. The van der Waals surface area contributed by atoms with Crippen molar-refractivity contribution in [3.8, 4) is 0 Å². The zero-order valence-corrected chi connectivity index (χ0v) is 10.4. The van der Waals surface area contributed by atoms with Gasteiger partial charge in [0.25, 0.3) is 0 Å². The Morgan fingerprint density at radius 3 is 2.47 bits per heavy atom. The molecule has 0 atom stereocenters. The number of nitrogens with zero attached hydrogens (tertiary/aromatic N) is 1. The van der Waals surface area contributed by atoms with Gasteiger partial charge in [-0.05, 0) is 30.5 Å². The Morgan fingerprint density at radius 2 is 2.00 bits per heavy atom. The summed E-state index contributed by atoms with van der Waals surface area (Å²) < 4.78 is 0. The molecule has 0 heterocycles. The van der Waals surface area contributed by atoms with Crippen molar-refractivity contribution >= 4 is 35.0 Å². The van der Waals surface area contributed by atoms with Crippen LogP contribution in [0.5, 0.6) is 0 Å². The predicted octanol–water partition coefficient (Wildman–Crippen LogP) is 3.00. The monoisotopic (exact) mass is 243 g/mol. The first-order valence-corrected chi connectivity index (χ1v) is 6.41. The third-order valence-corrected chi connectivity index (χ3v) is 3.07. The molecule has 4 heteroatoms. The van der Waals surface area contributed by atoms with Gasteiger partial charge in [0.2, 0.25) is 5.91 Å². The lowest BCUT2D eigenvalue weighted by Gasteiger charge is -2.16. The third kappa shape index (κ3) is 3.43. The van der Waals surface area contributed by atoms with Crippen molar-refractivity contribution in [3.05, 3.63) is 24.3 Å². The minimum absolute atomic E-state index is 0.0434. The standard InChI is InChI=1S/C11H14ClNOS/c1-13(11(14)7-8-12)9-3-5-10(15-2)6-4-9/h3-6H,7-8H2,1-2H3. The number of carbonyl (C=O) groups excluding carboxylic acids is 1. The highest BCUT2D eigenvalue weighted by Crippen LogP contribution is 2.20. The van der Waals surface area contributed by atoms with Crippen LogP contribution in [0.3, 0.4) is 0 Å². The number of benzene rings is 1. The molecule has 0 aromatic heterocycles. The maximum absolute atomic E-state index is 11.5. The van der Waals surface area contributed by atoms with E-state index in [0.29, 0.717) is 12.3 Å². The second-order valence-electron chi connectivity index (χ2n) is 3.09. The van der Waals surface area contributed by atoms with Crippen molar-refractivity contribution in [2.45, 2.75) is 11.3 Å². The van der Waals surface area contributed by atoms with E-state index in [2.05, 4.69) is 0 Å². The Hall–Kier alpha value is -0.670. The first-order valence-electron chi connectivity index (χ1n) is 4.65. The minimum Gasteiger partial charge on any atom is -0.315 e. The van der Waals surface area contributed by atoms with E-state index in [9.17, 15) is 4.79 Å². The summed E-state index contributed by atoms with van der Waals surface area (Å²) in [4.78, 5) is 14.4. The molecule has 0 N–H and O–H groups in total. The van der Waals surface area contributed by atoms with Crippen LogP contribution in [0.1, 0.15) is 6.42 Å². The molecule has 0 radical (unpaired) electrons. The van der Waals surface area contributed by atoms with Crippen molar-refractivity contribution < 1.29 is 4.79 Å². The van der Waals surface area contributed by atoms with Crippen molar-refractivity contribution in [1.29, 1.82) is 0 Å². The van der Waals surface area contributed by atoms with Gasteiger partial charge in [-0.2, -0.15) is 0 Å². The second-order valence-corrected chi connectivity index (χ2v) is 4.35. The minimum atomic E-state index is 0.0434. The smallest absolute Gasteiger partial charge is 0.227 e. The van der Waals surface area contributed by atoms with Crippen LogP contribution in [-0.2, 0) is 4.79 Å². The molecular formula is C11H14ClNOS. The summed E-state index contributed by atoms with van der Waals surface area (Å²) in [6, 6.07) is 7.89. The molecule has 0 saturated carbocycles. The van der Waals surface area contributed by atoms with E-state index in [1.54, 1.807) is 23.7 Å². The van der Waals surface area contributed by atoms with Gasteiger partial charge in [-0.15, -0.1) is 23.4 Å². The van der Waals surface area contributed by atoms with Gasteiger partial charge in [0.15, 0.2) is 0 Å². The highest BCUT2D eigenvalue weighted by molar-refractivity contribution is 7.98. The van der Waals surface area contributed by atoms with Crippen LogP contribution in [0, 0.1) is 0 Å². The molecule has 1 rings (SSSR count). The molecule has 0 spiro atoms. The summed E-state index contributed by atoms with van der Waals surface area (Å²) in [6.45, 7) is 0. The fourth-order valence-electron chi connectivity index (χ4n) is 1.20. The van der Waals surface area contributed by atoms with Gasteiger partial charge in [-0.1, -0.05) is 0 Å². The molecule has 1 aromatic carbocycles. The summed E-state index contributed by atoms with van der Waals surface area (Å²) in [6.07, 6.45) is 2.40. The summed E-state index contributed by atoms with van der Waals surface area (Å²) in [7, 11) is 1.77. The van der Waals surface area contributed by atoms with Crippen LogP contribution >= 0.6 is 23.4 Å². The van der Waals surface area contributed by atoms with Gasteiger partial charge >= 0.3 is 0 Å². The summed E-state index contributed by atoms with van der Waals surface area (Å²) >= 11 is 7.21. The molecule has 82 valence electrons. The fourth-order valence-corrected chi connectivity index (χ4v) is 1.77. The largest absolute Gasteiger partial charge is 0.315 e. The lowest BCUT2D eigenvalue weighted by atomic mass is 10.3. The van der Waals surface area contributed by atoms with Gasteiger partial charge in [-0.25, -0.2) is 0 Å². The lowest BCUT2D eigenvalue weighted by molar-refractivity contribution is -0.117. The molecule has 0 fully saturated rings. The van der Waals surface area contributed by atoms with E-state index in [4.69, 9.17) is 11.6 Å². The zero-order valence-electron chi connectivity index (χ0n) is 8.87. The molecule has 0 aliphatic heterocycles. The van der Waals surface area contributed by atoms with Crippen molar-refractivity contribution in [3.63, 3.8) is 0 Å². The maximum atomic E-state index is 11.5. The Balaban J connectivity index is 2.73. The summed E-state index contributed by atoms with van der Waals surface area (Å²) in [5, 5.41) is 0. The number of amides is 1. The average molecular weight is 244 g/mol. The molecule has 0 aliphatic rings. The van der Waals surface area contributed by atoms with Crippen LogP contribution in [0.4, 0.5) is 5.69 Å². The van der Waals surface area contributed by atoms with Crippen LogP contribution in [0.2, 0.25) is 0 Å². The van der Waals surface area contributed by atoms with Gasteiger partial charge in [-0.3, -0.25) is 4.79 Å². The van der Waals surface area contributed by atoms with E-state index < -0.39 is 0 Å². The lowest BCUT2D eigenvalue weighted by Crippen LogP contribution is -2.26. The van der Waals surface area contributed by atoms with Crippen LogP contribution in [-0.4, -0.2) is 25.1 Å². The molecule has 0 aliphatic carbocycles. The topological polar surface area (TPSA) is 20.3 Å². The van der Waals surface area contributed by atoms with Crippen LogP contribution in [0.15, 0.2) is 29.2 Å². The molecule has 1 aromatic rings. The van der Waals surface area contributed by atoms with Gasteiger partial charge in [0.1, 0.15) is 0 Å². The molecule has 1 amide bonds. The molecule has 0 bridgehead atoms. The number of carbonyl (C=O) groups is 1. The van der Waals surface area contributed by atoms with E-state index in [1.807, 2.05) is 30.5 Å². The average Bonchev–Trinajstić information content (AvgIpc) is 2.28. The van der Waals surface area contributed by atoms with Crippen molar-refractivity contribution in [1.82, 2.24) is 0 Å². The number of hydrogen-bond donors (Lipinski definition) is 0. The first-order chi connectivity index (χ1) is 7.19. The Morgan fingerprint density at radius 1 is 1.40 bits per heavy atom. The Kier molecular flexibility index (Phi) is 4.99. The van der Waals surface area contributed by atoms with Crippen molar-refractivity contribution in [2.24, 2.45) is 0 Å². The second kappa shape index (κ2) is 6.03. The zero-order chi connectivity index (χ0) is 11.3. The predicted molar refractivity (Wildman–Crippen MR) is 67.0 cm³/mol. The summed E-state index contributed by atoms with van der Waals surface area (Å²) in [5.41, 5.74) is 0.905. The first kappa shape index (κ1) is 12.4. The van der Waals surface area contributed by atoms with Crippen LogP contribution < -0.4 is 4.90 Å². The van der Waals surface area contributed by atoms with E-state index in [0.717, 1.165) is 5.69 Å². The van der Waals surface area contributed by atoms with E-state index in [1.165, 1.54) is 4.90 Å². The van der Waals surface area contributed by atoms with Gasteiger partial charge in [0.05, 0.1) is 0 Å². The third-order valence-electron chi connectivity index (χ3n) is 2.14. The Labute approximate surface area is 99.6 Å².